The highest BCUT2D eigenvalue weighted by molar-refractivity contribution is 5.79. The van der Waals surface area contributed by atoms with Crippen LogP contribution in [-0.4, -0.2) is 34.5 Å². The molecule has 20 heavy (non-hydrogen) atoms. The molecule has 0 heterocycles. The van der Waals surface area contributed by atoms with E-state index in [4.69, 9.17) is 4.74 Å². The molecule has 0 saturated carbocycles. The average Bonchev–Trinajstić information content (AvgIpc) is 2.36. The molecule has 0 rings (SSSR count). The molecule has 0 aromatic carbocycles. The van der Waals surface area contributed by atoms with Gasteiger partial charge in [0.2, 0.25) is 6.54 Å². The van der Waals surface area contributed by atoms with Crippen LogP contribution in [0.15, 0.2) is 0 Å². The van der Waals surface area contributed by atoms with Crippen molar-refractivity contribution in [2.75, 3.05) is 13.2 Å². The van der Waals surface area contributed by atoms with Crippen LogP contribution in [0.2, 0.25) is 0 Å². The monoisotopic (exact) mass is 290 g/mol. The molecule has 2 unspecified atom stereocenters. The third-order valence-corrected chi connectivity index (χ3v) is 3.39. The number of carbonyl (C=O) groups excluding carboxylic acids is 1. The van der Waals surface area contributed by atoms with Gasteiger partial charge >= 0.3 is 11.5 Å². The summed E-state index contributed by atoms with van der Waals surface area (Å²) in [6.07, 6.45) is 2.56. The molecule has 8 nitrogen and oxygen atoms in total. The van der Waals surface area contributed by atoms with E-state index < -0.39 is 33.8 Å². The zero-order chi connectivity index (χ0) is 15.8. The SMILES string of the molecule is CCCCCC(C[N+](=O)[O-])C(C)(C(=O)OCC)[N+](=O)[O-]. The molecule has 0 aromatic rings. The Hall–Kier alpha value is -1.73. The summed E-state index contributed by atoms with van der Waals surface area (Å²) in [4.78, 5) is 32.5. The molecular formula is C12H22N2O6. The molecule has 0 N–H and O–H groups in total. The lowest BCUT2D eigenvalue weighted by molar-refractivity contribution is -0.579. The van der Waals surface area contributed by atoms with Crippen LogP contribution >= 0.6 is 0 Å². The van der Waals surface area contributed by atoms with Crippen LogP contribution in [0.5, 0.6) is 0 Å². The zero-order valence-corrected chi connectivity index (χ0v) is 12.2. The predicted octanol–water partition coefficient (Wildman–Crippen LogP) is 2.06. The van der Waals surface area contributed by atoms with Gasteiger partial charge in [-0.05, 0) is 13.3 Å². The summed E-state index contributed by atoms with van der Waals surface area (Å²) in [5.74, 6) is -1.98. The van der Waals surface area contributed by atoms with Crippen molar-refractivity contribution >= 4 is 5.97 Å². The Morgan fingerprint density at radius 1 is 1.25 bits per heavy atom. The molecule has 0 spiro atoms. The molecule has 8 heteroatoms. The Morgan fingerprint density at radius 2 is 1.85 bits per heavy atom. The largest absolute Gasteiger partial charge is 0.461 e. The highest BCUT2D eigenvalue weighted by atomic mass is 16.6. The summed E-state index contributed by atoms with van der Waals surface area (Å²) < 4.78 is 4.73. The first kappa shape index (κ1) is 18.3. The van der Waals surface area contributed by atoms with Crippen molar-refractivity contribution in [2.45, 2.75) is 52.0 Å². The Bertz CT molecular complexity index is 360. The van der Waals surface area contributed by atoms with E-state index in [0.29, 0.717) is 6.42 Å². The van der Waals surface area contributed by atoms with E-state index in [2.05, 4.69) is 0 Å². The van der Waals surface area contributed by atoms with E-state index in [1.54, 1.807) is 0 Å². The number of nitrogens with zero attached hydrogens (tertiary/aromatic N) is 2. The summed E-state index contributed by atoms with van der Waals surface area (Å²) in [7, 11) is 0. The molecule has 0 amide bonds. The van der Waals surface area contributed by atoms with Crippen LogP contribution < -0.4 is 0 Å². The highest BCUT2D eigenvalue weighted by Crippen LogP contribution is 2.28. The number of hydrogen-bond acceptors (Lipinski definition) is 6. The summed E-state index contributed by atoms with van der Waals surface area (Å²) in [5.41, 5.74) is -2.07. The first-order valence-corrected chi connectivity index (χ1v) is 6.74. The van der Waals surface area contributed by atoms with Crippen molar-refractivity contribution in [1.82, 2.24) is 0 Å². The molecule has 0 fully saturated rings. The first-order valence-electron chi connectivity index (χ1n) is 6.74. The number of esters is 1. The van der Waals surface area contributed by atoms with Crippen LogP contribution in [0.4, 0.5) is 0 Å². The highest BCUT2D eigenvalue weighted by Gasteiger charge is 2.56. The van der Waals surface area contributed by atoms with E-state index in [1.807, 2.05) is 6.92 Å². The van der Waals surface area contributed by atoms with Gasteiger partial charge in [-0.25, -0.2) is 4.79 Å². The minimum absolute atomic E-state index is 0.00239. The summed E-state index contributed by atoms with van der Waals surface area (Å²) in [6, 6.07) is 0. The van der Waals surface area contributed by atoms with Crippen molar-refractivity contribution in [3.63, 3.8) is 0 Å². The van der Waals surface area contributed by atoms with Gasteiger partial charge in [-0.2, -0.15) is 0 Å². The number of unbranched alkanes of at least 4 members (excludes halogenated alkanes) is 2. The van der Waals surface area contributed by atoms with Crippen molar-refractivity contribution in [2.24, 2.45) is 5.92 Å². The third-order valence-electron chi connectivity index (χ3n) is 3.39. The molecule has 0 aliphatic rings. The van der Waals surface area contributed by atoms with E-state index in [0.717, 1.165) is 19.8 Å². The van der Waals surface area contributed by atoms with Gasteiger partial charge in [-0.1, -0.05) is 26.2 Å². The maximum absolute atomic E-state index is 11.9. The predicted molar refractivity (Wildman–Crippen MR) is 71.5 cm³/mol. The standard InChI is InChI=1S/C12H22N2O6/c1-4-6-7-8-10(9-13(16)17)12(3,14(18)19)11(15)20-5-2/h10H,4-9H2,1-3H3. The Labute approximate surface area is 117 Å². The van der Waals surface area contributed by atoms with Gasteiger partial charge in [-0.15, -0.1) is 0 Å². The quantitative estimate of drug-likeness (QED) is 0.263. The van der Waals surface area contributed by atoms with Gasteiger partial charge in [0.15, 0.2) is 0 Å². The smallest absolute Gasteiger partial charge is 0.385 e. The van der Waals surface area contributed by atoms with Crippen LogP contribution in [0, 0.1) is 26.1 Å². The molecule has 0 bridgehead atoms. The molecule has 0 saturated heterocycles. The van der Waals surface area contributed by atoms with E-state index >= 15 is 0 Å². The zero-order valence-electron chi connectivity index (χ0n) is 12.2. The van der Waals surface area contributed by atoms with Crippen molar-refractivity contribution in [1.29, 1.82) is 0 Å². The van der Waals surface area contributed by atoms with Gasteiger partial charge in [0.1, 0.15) is 5.92 Å². The Kier molecular flexibility index (Phi) is 7.71. The molecule has 0 aromatic heterocycles. The van der Waals surface area contributed by atoms with Gasteiger partial charge in [-0.3, -0.25) is 20.2 Å². The third kappa shape index (κ3) is 4.75. The molecule has 0 aliphatic heterocycles. The fourth-order valence-corrected chi connectivity index (χ4v) is 2.04. The van der Waals surface area contributed by atoms with Crippen LogP contribution in [0.3, 0.4) is 0 Å². The lowest BCUT2D eigenvalue weighted by Gasteiger charge is -2.25. The van der Waals surface area contributed by atoms with Crippen molar-refractivity contribution < 1.29 is 19.4 Å². The van der Waals surface area contributed by atoms with Crippen molar-refractivity contribution in [3.05, 3.63) is 20.2 Å². The van der Waals surface area contributed by atoms with E-state index in [1.165, 1.54) is 6.92 Å². The minimum Gasteiger partial charge on any atom is -0.461 e. The van der Waals surface area contributed by atoms with E-state index in [9.17, 15) is 25.0 Å². The fourth-order valence-electron chi connectivity index (χ4n) is 2.04. The van der Waals surface area contributed by atoms with Crippen molar-refractivity contribution in [3.8, 4) is 0 Å². The molecule has 2 atom stereocenters. The second-order valence-corrected chi connectivity index (χ2v) is 4.83. The lowest BCUT2D eigenvalue weighted by atomic mass is 9.82. The second kappa shape index (κ2) is 8.44. The van der Waals surface area contributed by atoms with Crippen LogP contribution in [0.1, 0.15) is 46.5 Å². The molecule has 116 valence electrons. The van der Waals surface area contributed by atoms with Gasteiger partial charge in [0.05, 0.1) is 6.61 Å². The molecular weight excluding hydrogens is 268 g/mol. The molecule has 0 radical (unpaired) electrons. The number of hydrogen-bond donors (Lipinski definition) is 0. The van der Waals surface area contributed by atoms with Crippen LogP contribution in [-0.2, 0) is 9.53 Å². The number of rotatable bonds is 10. The maximum Gasteiger partial charge on any atom is 0.385 e. The summed E-state index contributed by atoms with van der Waals surface area (Å²) in [6.45, 7) is 4.01. The average molecular weight is 290 g/mol. The van der Waals surface area contributed by atoms with Crippen LogP contribution in [0.25, 0.3) is 0 Å². The fraction of sp³-hybridized carbons (Fsp3) is 0.917. The number of carbonyl (C=O) groups is 1. The van der Waals surface area contributed by atoms with Gasteiger partial charge in [0.25, 0.3) is 0 Å². The minimum atomic E-state index is -2.07. The normalized spacial score (nSPS) is 15.2. The Balaban J connectivity index is 5.23. The van der Waals surface area contributed by atoms with Gasteiger partial charge < -0.3 is 4.74 Å². The summed E-state index contributed by atoms with van der Waals surface area (Å²) in [5, 5.41) is 22.0. The maximum atomic E-state index is 11.9. The second-order valence-electron chi connectivity index (χ2n) is 4.83. The molecule has 0 aliphatic carbocycles. The topological polar surface area (TPSA) is 113 Å². The first-order chi connectivity index (χ1) is 9.30. The lowest BCUT2D eigenvalue weighted by Crippen LogP contribution is -2.53. The van der Waals surface area contributed by atoms with Gasteiger partial charge in [0, 0.05) is 16.8 Å². The van der Waals surface area contributed by atoms with E-state index in [-0.39, 0.29) is 13.0 Å². The summed E-state index contributed by atoms with van der Waals surface area (Å²) >= 11 is 0. The Morgan fingerprint density at radius 3 is 2.25 bits per heavy atom. The number of nitro groups is 2. The number of ether oxygens (including phenoxy) is 1.